The maximum absolute atomic E-state index is 12.6. The third-order valence-corrected chi connectivity index (χ3v) is 4.77. The number of hydrogen-bond acceptors (Lipinski definition) is 4. The molecule has 2 N–H and O–H groups in total. The van der Waals surface area contributed by atoms with Gasteiger partial charge in [-0.05, 0) is 60.6 Å². The fraction of sp³-hybridized carbons (Fsp3) is 0.143. The molecule has 1 unspecified atom stereocenters. The molecule has 4 nitrogen and oxygen atoms in total. The Balaban J connectivity index is 1.65. The van der Waals surface area contributed by atoms with Crippen molar-refractivity contribution in [1.82, 2.24) is 4.98 Å². The summed E-state index contributed by atoms with van der Waals surface area (Å²) in [6.45, 7) is 2.07. The topological polar surface area (TPSA) is 54.0 Å². The molecule has 0 aliphatic carbocycles. The van der Waals surface area contributed by atoms with E-state index in [2.05, 4.69) is 34.7 Å². The average molecular weight is 399 g/mol. The molecule has 0 bridgehead atoms. The highest BCUT2D eigenvalue weighted by Gasteiger charge is 2.16. The number of carbonyl (C=O) groups is 1. The molecule has 0 saturated carbocycles. The number of amides is 1. The molecule has 1 amide bonds. The van der Waals surface area contributed by atoms with Crippen molar-refractivity contribution in [3.05, 3.63) is 84.1 Å². The van der Waals surface area contributed by atoms with Crippen LogP contribution in [0.1, 0.15) is 28.9 Å². The Hall–Kier alpha value is -2.93. The van der Waals surface area contributed by atoms with Crippen molar-refractivity contribution in [2.45, 2.75) is 23.7 Å². The summed E-state index contributed by atoms with van der Waals surface area (Å²) in [6.07, 6.45) is 1.38. The number of hydrogen-bond donors (Lipinski definition) is 2. The number of halogens is 2. The molecule has 0 aliphatic heterocycles. The van der Waals surface area contributed by atoms with Crippen molar-refractivity contribution >= 4 is 29.0 Å². The molecule has 0 saturated heterocycles. The van der Waals surface area contributed by atoms with Crippen LogP contribution in [0.25, 0.3) is 0 Å². The monoisotopic (exact) mass is 399 g/mol. The molecule has 1 aromatic heterocycles. The van der Waals surface area contributed by atoms with Crippen LogP contribution in [-0.4, -0.2) is 16.6 Å². The predicted molar refractivity (Wildman–Crippen MR) is 109 cm³/mol. The summed E-state index contributed by atoms with van der Waals surface area (Å²) in [5, 5.41) is 6.12. The number of thioether (sulfide) groups is 1. The minimum atomic E-state index is -2.64. The second-order valence-corrected chi connectivity index (χ2v) is 7.02. The molecular formula is C21H19F2N3OS. The molecule has 3 rings (SSSR count). The van der Waals surface area contributed by atoms with E-state index in [1.54, 1.807) is 18.2 Å². The Morgan fingerprint density at radius 2 is 1.64 bits per heavy atom. The standard InChI is InChI=1S/C21H19F2N3OS/c1-14(15-6-3-2-4-7-15)25-16-9-11-17(12-10-16)26-19(27)18-8-5-13-24-20(18)28-21(22)23/h2-14,21,25H,1H3,(H,26,27). The lowest BCUT2D eigenvalue weighted by molar-refractivity contribution is 0.102. The Labute approximate surface area is 166 Å². The molecule has 2 aromatic carbocycles. The highest BCUT2D eigenvalue weighted by molar-refractivity contribution is 7.99. The van der Waals surface area contributed by atoms with E-state index in [9.17, 15) is 13.6 Å². The van der Waals surface area contributed by atoms with Gasteiger partial charge in [0.05, 0.1) is 5.56 Å². The summed E-state index contributed by atoms with van der Waals surface area (Å²) in [6, 6.07) is 20.4. The number of pyridine rings is 1. The molecular weight excluding hydrogens is 380 g/mol. The summed E-state index contributed by atoms with van der Waals surface area (Å²) in [4.78, 5) is 16.3. The summed E-state index contributed by atoms with van der Waals surface area (Å²) in [5.41, 5.74) is 2.76. The van der Waals surface area contributed by atoms with Crippen LogP contribution in [0.15, 0.2) is 78.0 Å². The number of benzene rings is 2. The smallest absolute Gasteiger partial charge is 0.290 e. The number of aromatic nitrogens is 1. The van der Waals surface area contributed by atoms with Gasteiger partial charge in [-0.1, -0.05) is 30.3 Å². The maximum atomic E-state index is 12.6. The predicted octanol–water partition coefficient (Wildman–Crippen LogP) is 5.82. The highest BCUT2D eigenvalue weighted by Crippen LogP contribution is 2.27. The van der Waals surface area contributed by atoms with Crippen LogP contribution >= 0.6 is 11.8 Å². The molecule has 0 spiro atoms. The van der Waals surface area contributed by atoms with Crippen molar-refractivity contribution in [3.8, 4) is 0 Å². The van der Waals surface area contributed by atoms with E-state index in [0.717, 1.165) is 5.69 Å². The van der Waals surface area contributed by atoms with Crippen LogP contribution in [0.3, 0.4) is 0 Å². The zero-order chi connectivity index (χ0) is 19.9. The van der Waals surface area contributed by atoms with Crippen molar-refractivity contribution in [1.29, 1.82) is 0 Å². The van der Waals surface area contributed by atoms with Crippen LogP contribution < -0.4 is 10.6 Å². The third kappa shape index (κ3) is 5.29. The molecule has 3 aromatic rings. The van der Waals surface area contributed by atoms with Crippen LogP contribution in [-0.2, 0) is 0 Å². The SMILES string of the molecule is CC(Nc1ccc(NC(=O)c2cccnc2SC(F)F)cc1)c1ccccc1. The van der Waals surface area contributed by atoms with Gasteiger partial charge in [0.25, 0.3) is 11.7 Å². The largest absolute Gasteiger partial charge is 0.379 e. The van der Waals surface area contributed by atoms with E-state index >= 15 is 0 Å². The molecule has 7 heteroatoms. The van der Waals surface area contributed by atoms with Gasteiger partial charge in [-0.3, -0.25) is 4.79 Å². The van der Waals surface area contributed by atoms with Gasteiger partial charge >= 0.3 is 0 Å². The quantitative estimate of drug-likeness (QED) is 0.492. The van der Waals surface area contributed by atoms with Crippen molar-refractivity contribution in [2.24, 2.45) is 0 Å². The molecule has 1 heterocycles. The van der Waals surface area contributed by atoms with Crippen LogP contribution in [0, 0.1) is 0 Å². The molecule has 144 valence electrons. The minimum absolute atomic E-state index is 0.00460. The summed E-state index contributed by atoms with van der Waals surface area (Å²) in [7, 11) is 0. The highest BCUT2D eigenvalue weighted by atomic mass is 32.2. The number of nitrogens with zero attached hydrogens (tertiary/aromatic N) is 1. The Bertz CT molecular complexity index is 920. The van der Waals surface area contributed by atoms with E-state index in [-0.39, 0.29) is 28.4 Å². The van der Waals surface area contributed by atoms with E-state index < -0.39 is 11.7 Å². The average Bonchev–Trinajstić information content (AvgIpc) is 2.70. The van der Waals surface area contributed by atoms with Crippen LogP contribution in [0.2, 0.25) is 0 Å². The van der Waals surface area contributed by atoms with E-state index in [1.807, 2.05) is 30.3 Å². The minimum Gasteiger partial charge on any atom is -0.379 e. The maximum Gasteiger partial charge on any atom is 0.290 e. The zero-order valence-electron chi connectivity index (χ0n) is 15.1. The molecule has 1 atom stereocenters. The summed E-state index contributed by atoms with van der Waals surface area (Å²) >= 11 is 0.256. The number of nitrogens with one attached hydrogen (secondary N) is 2. The van der Waals surface area contributed by atoms with E-state index in [1.165, 1.54) is 17.8 Å². The Morgan fingerprint density at radius 1 is 0.964 bits per heavy atom. The lowest BCUT2D eigenvalue weighted by Gasteiger charge is -2.16. The number of carbonyl (C=O) groups excluding carboxylic acids is 1. The Kier molecular flexibility index (Phi) is 6.60. The van der Waals surface area contributed by atoms with Crippen molar-refractivity contribution in [3.63, 3.8) is 0 Å². The van der Waals surface area contributed by atoms with Gasteiger partial charge in [0, 0.05) is 23.6 Å². The van der Waals surface area contributed by atoms with Crippen LogP contribution in [0.5, 0.6) is 0 Å². The molecule has 0 radical (unpaired) electrons. The van der Waals surface area contributed by atoms with Gasteiger partial charge in [0.2, 0.25) is 0 Å². The zero-order valence-corrected chi connectivity index (χ0v) is 15.9. The van der Waals surface area contributed by atoms with Crippen LogP contribution in [0.4, 0.5) is 20.2 Å². The third-order valence-electron chi connectivity index (χ3n) is 4.04. The Morgan fingerprint density at radius 3 is 2.32 bits per heavy atom. The second-order valence-electron chi connectivity index (χ2n) is 6.04. The molecule has 28 heavy (non-hydrogen) atoms. The number of anilines is 2. The molecule has 0 fully saturated rings. The van der Waals surface area contributed by atoms with Gasteiger partial charge in [-0.2, -0.15) is 8.78 Å². The van der Waals surface area contributed by atoms with Gasteiger partial charge in [-0.25, -0.2) is 4.98 Å². The number of rotatable bonds is 7. The van der Waals surface area contributed by atoms with Crippen molar-refractivity contribution in [2.75, 3.05) is 10.6 Å². The summed E-state index contributed by atoms with van der Waals surface area (Å²) < 4.78 is 25.3. The fourth-order valence-electron chi connectivity index (χ4n) is 2.67. The first-order chi connectivity index (χ1) is 13.5. The lowest BCUT2D eigenvalue weighted by atomic mass is 10.1. The molecule has 0 aliphatic rings. The summed E-state index contributed by atoms with van der Waals surface area (Å²) in [5.74, 6) is -3.12. The second kappa shape index (κ2) is 9.32. The normalized spacial score (nSPS) is 11.9. The first-order valence-corrected chi connectivity index (χ1v) is 9.53. The van der Waals surface area contributed by atoms with Gasteiger partial charge < -0.3 is 10.6 Å². The van der Waals surface area contributed by atoms with E-state index in [0.29, 0.717) is 5.69 Å². The first-order valence-electron chi connectivity index (χ1n) is 8.65. The van der Waals surface area contributed by atoms with E-state index in [4.69, 9.17) is 0 Å². The van der Waals surface area contributed by atoms with Gasteiger partial charge in [-0.15, -0.1) is 0 Å². The lowest BCUT2D eigenvalue weighted by Crippen LogP contribution is -2.14. The van der Waals surface area contributed by atoms with Crippen molar-refractivity contribution < 1.29 is 13.6 Å². The fourth-order valence-corrected chi connectivity index (χ4v) is 3.24. The van der Waals surface area contributed by atoms with Gasteiger partial charge in [0.15, 0.2) is 0 Å². The number of alkyl halides is 2. The first kappa shape index (κ1) is 19.8. The van der Waals surface area contributed by atoms with Gasteiger partial charge in [0.1, 0.15) is 5.03 Å².